The molecular weight excluding hydrogens is 334 g/mol. The summed E-state index contributed by atoms with van der Waals surface area (Å²) in [6, 6.07) is 10.1. The van der Waals surface area contributed by atoms with E-state index in [0.29, 0.717) is 25.3 Å². The van der Waals surface area contributed by atoms with E-state index < -0.39 is 0 Å². The van der Waals surface area contributed by atoms with E-state index in [1.807, 2.05) is 32.0 Å². The summed E-state index contributed by atoms with van der Waals surface area (Å²) in [6.07, 6.45) is 1.47. The summed E-state index contributed by atoms with van der Waals surface area (Å²) in [6.45, 7) is 4.86. The maximum absolute atomic E-state index is 12.6. The third kappa shape index (κ3) is 3.95. The van der Waals surface area contributed by atoms with Crippen LogP contribution in [0.3, 0.4) is 0 Å². The van der Waals surface area contributed by atoms with Crippen LogP contribution >= 0.6 is 11.8 Å². The first kappa shape index (κ1) is 17.7. The minimum absolute atomic E-state index is 0.000662. The zero-order chi connectivity index (χ0) is 17.8. The van der Waals surface area contributed by atoms with Crippen LogP contribution in [0.1, 0.15) is 23.7 Å². The number of benzene rings is 1. The topological polar surface area (TPSA) is 64.0 Å². The van der Waals surface area contributed by atoms with E-state index in [1.54, 1.807) is 4.57 Å². The molecular formula is C19H23N3O2S. The van der Waals surface area contributed by atoms with Gasteiger partial charge in [0.2, 0.25) is 5.91 Å². The van der Waals surface area contributed by atoms with Crippen molar-refractivity contribution < 1.29 is 4.79 Å². The highest BCUT2D eigenvalue weighted by atomic mass is 32.2. The molecule has 5 nitrogen and oxygen atoms in total. The van der Waals surface area contributed by atoms with Gasteiger partial charge in [0.25, 0.3) is 5.56 Å². The van der Waals surface area contributed by atoms with Gasteiger partial charge >= 0.3 is 0 Å². The van der Waals surface area contributed by atoms with Crippen molar-refractivity contribution in [3.05, 3.63) is 57.5 Å². The standard InChI is InChI=1S/C19H23N3O2S/c1-3-16-13(2)21-19-22(18(16)24)11-15(12-25-19)17(23)20-10-9-14-7-5-4-6-8-14/h4-8,15H,3,9-12H2,1-2H3,(H,20,23). The van der Waals surface area contributed by atoms with Crippen molar-refractivity contribution in [2.45, 2.75) is 38.4 Å². The summed E-state index contributed by atoms with van der Waals surface area (Å²) in [5.41, 5.74) is 2.75. The number of amides is 1. The molecule has 3 rings (SSSR count). The fraction of sp³-hybridized carbons (Fsp3) is 0.421. The van der Waals surface area contributed by atoms with E-state index in [0.717, 1.165) is 22.8 Å². The molecule has 132 valence electrons. The highest BCUT2D eigenvalue weighted by Crippen LogP contribution is 2.25. The molecule has 1 N–H and O–H groups in total. The van der Waals surface area contributed by atoms with Crippen molar-refractivity contribution >= 4 is 17.7 Å². The van der Waals surface area contributed by atoms with Crippen LogP contribution in [0.5, 0.6) is 0 Å². The van der Waals surface area contributed by atoms with Crippen molar-refractivity contribution in [3.63, 3.8) is 0 Å². The molecule has 2 aromatic rings. The Bertz CT molecular complexity index is 817. The Hall–Kier alpha value is -2.08. The first-order valence-corrected chi connectivity index (χ1v) is 9.63. The number of thioether (sulfide) groups is 1. The minimum Gasteiger partial charge on any atom is -0.355 e. The average molecular weight is 357 g/mol. The van der Waals surface area contributed by atoms with Crippen molar-refractivity contribution in [2.24, 2.45) is 5.92 Å². The molecule has 0 fully saturated rings. The molecule has 1 atom stereocenters. The van der Waals surface area contributed by atoms with E-state index in [1.165, 1.54) is 17.3 Å². The van der Waals surface area contributed by atoms with Gasteiger partial charge in [-0.3, -0.25) is 14.2 Å². The number of carbonyl (C=O) groups excluding carboxylic acids is 1. The Morgan fingerprint density at radius 2 is 2.12 bits per heavy atom. The molecule has 0 radical (unpaired) electrons. The van der Waals surface area contributed by atoms with Crippen molar-refractivity contribution in [3.8, 4) is 0 Å². The van der Waals surface area contributed by atoms with Gasteiger partial charge in [0, 0.05) is 30.1 Å². The van der Waals surface area contributed by atoms with Crippen molar-refractivity contribution in [1.82, 2.24) is 14.9 Å². The van der Waals surface area contributed by atoms with Gasteiger partial charge in [-0.15, -0.1) is 0 Å². The summed E-state index contributed by atoms with van der Waals surface area (Å²) in [7, 11) is 0. The molecule has 2 heterocycles. The largest absolute Gasteiger partial charge is 0.355 e. The third-order valence-electron chi connectivity index (χ3n) is 4.53. The molecule has 0 bridgehead atoms. The lowest BCUT2D eigenvalue weighted by molar-refractivity contribution is -0.124. The molecule has 1 aromatic heterocycles. The molecule has 1 amide bonds. The molecule has 1 aliphatic rings. The maximum atomic E-state index is 12.6. The summed E-state index contributed by atoms with van der Waals surface area (Å²) in [4.78, 5) is 29.6. The van der Waals surface area contributed by atoms with Crippen LogP contribution in [-0.4, -0.2) is 27.8 Å². The number of hydrogen-bond donors (Lipinski definition) is 1. The number of nitrogens with one attached hydrogen (secondary N) is 1. The Morgan fingerprint density at radius 1 is 1.36 bits per heavy atom. The second-order valence-electron chi connectivity index (χ2n) is 6.26. The van der Waals surface area contributed by atoms with E-state index in [-0.39, 0.29) is 17.4 Å². The van der Waals surface area contributed by atoms with Crippen LogP contribution in [0.25, 0.3) is 0 Å². The van der Waals surface area contributed by atoms with Gasteiger partial charge in [0.05, 0.1) is 5.92 Å². The predicted molar refractivity (Wildman–Crippen MR) is 100.0 cm³/mol. The fourth-order valence-electron chi connectivity index (χ4n) is 3.08. The fourth-order valence-corrected chi connectivity index (χ4v) is 4.20. The van der Waals surface area contributed by atoms with Crippen LogP contribution < -0.4 is 10.9 Å². The molecule has 0 aliphatic carbocycles. The summed E-state index contributed by atoms with van der Waals surface area (Å²) in [5, 5.41) is 3.73. The van der Waals surface area contributed by atoms with Gasteiger partial charge < -0.3 is 5.32 Å². The van der Waals surface area contributed by atoms with Crippen molar-refractivity contribution in [2.75, 3.05) is 12.3 Å². The molecule has 0 saturated carbocycles. The number of rotatable bonds is 5. The molecule has 25 heavy (non-hydrogen) atoms. The lowest BCUT2D eigenvalue weighted by atomic mass is 10.1. The van der Waals surface area contributed by atoms with E-state index in [9.17, 15) is 9.59 Å². The van der Waals surface area contributed by atoms with Crippen LogP contribution in [0.15, 0.2) is 40.3 Å². The molecule has 1 unspecified atom stereocenters. The number of aromatic nitrogens is 2. The molecule has 6 heteroatoms. The lowest BCUT2D eigenvalue weighted by Gasteiger charge is -2.25. The smallest absolute Gasteiger partial charge is 0.257 e. The van der Waals surface area contributed by atoms with Gasteiger partial charge in [-0.25, -0.2) is 4.98 Å². The predicted octanol–water partition coefficient (Wildman–Crippen LogP) is 2.19. The van der Waals surface area contributed by atoms with Crippen molar-refractivity contribution in [1.29, 1.82) is 0 Å². The number of aryl methyl sites for hydroxylation is 1. The first-order chi connectivity index (χ1) is 12.1. The molecule has 0 saturated heterocycles. The van der Waals surface area contributed by atoms with Gasteiger partial charge in [-0.1, -0.05) is 49.0 Å². The average Bonchev–Trinajstić information content (AvgIpc) is 2.62. The van der Waals surface area contributed by atoms with Gasteiger partial charge in [0.15, 0.2) is 5.16 Å². The normalized spacial score (nSPS) is 16.3. The second-order valence-corrected chi connectivity index (χ2v) is 7.25. The van der Waals surface area contributed by atoms with Gasteiger partial charge in [0.1, 0.15) is 0 Å². The SMILES string of the molecule is CCc1c(C)nc2n(c1=O)CC(C(=O)NCCc1ccccc1)CS2. The Labute approximate surface area is 151 Å². The Morgan fingerprint density at radius 3 is 2.84 bits per heavy atom. The third-order valence-corrected chi connectivity index (χ3v) is 5.67. The van der Waals surface area contributed by atoms with E-state index >= 15 is 0 Å². The van der Waals surface area contributed by atoms with Crippen LogP contribution in [0, 0.1) is 12.8 Å². The molecule has 1 aliphatic heterocycles. The Kier molecular flexibility index (Phi) is 5.58. The van der Waals surface area contributed by atoms with Crippen LogP contribution in [0.4, 0.5) is 0 Å². The summed E-state index contributed by atoms with van der Waals surface area (Å²) < 4.78 is 1.67. The van der Waals surface area contributed by atoms with Crippen LogP contribution in [-0.2, 0) is 24.2 Å². The van der Waals surface area contributed by atoms with Gasteiger partial charge in [-0.05, 0) is 25.3 Å². The number of fused-ring (bicyclic) bond motifs is 1. The van der Waals surface area contributed by atoms with Gasteiger partial charge in [-0.2, -0.15) is 0 Å². The first-order valence-electron chi connectivity index (χ1n) is 8.65. The number of nitrogens with zero attached hydrogens (tertiary/aromatic N) is 2. The van der Waals surface area contributed by atoms with E-state index in [4.69, 9.17) is 0 Å². The maximum Gasteiger partial charge on any atom is 0.257 e. The summed E-state index contributed by atoms with van der Waals surface area (Å²) >= 11 is 1.49. The van der Waals surface area contributed by atoms with Crippen LogP contribution in [0.2, 0.25) is 0 Å². The Balaban J connectivity index is 1.64. The van der Waals surface area contributed by atoms with E-state index in [2.05, 4.69) is 22.4 Å². The number of carbonyl (C=O) groups is 1. The zero-order valence-electron chi connectivity index (χ0n) is 14.6. The quantitative estimate of drug-likeness (QED) is 0.833. The monoisotopic (exact) mass is 357 g/mol. The molecule has 1 aromatic carbocycles. The molecule has 0 spiro atoms. The second kappa shape index (κ2) is 7.87. The highest BCUT2D eigenvalue weighted by Gasteiger charge is 2.27. The number of hydrogen-bond acceptors (Lipinski definition) is 4. The highest BCUT2D eigenvalue weighted by molar-refractivity contribution is 7.99. The zero-order valence-corrected chi connectivity index (χ0v) is 15.4. The minimum atomic E-state index is -0.194. The lowest BCUT2D eigenvalue weighted by Crippen LogP contribution is -2.41. The summed E-state index contributed by atoms with van der Waals surface area (Å²) in [5.74, 6) is 0.480.